The van der Waals surface area contributed by atoms with Crippen LogP contribution in [0.4, 0.5) is 0 Å². The zero-order valence-corrected chi connectivity index (χ0v) is 24.3. The number of aromatic amines is 1. The lowest BCUT2D eigenvalue weighted by Crippen LogP contribution is -2.42. The third-order valence-corrected chi connectivity index (χ3v) is 8.65. The van der Waals surface area contributed by atoms with Crippen molar-refractivity contribution in [1.29, 1.82) is 0 Å². The van der Waals surface area contributed by atoms with Crippen LogP contribution in [0, 0.1) is 11.8 Å². The van der Waals surface area contributed by atoms with Gasteiger partial charge in [-0.2, -0.15) is 0 Å². The molecule has 5 rings (SSSR count). The Hall–Kier alpha value is -3.46. The van der Waals surface area contributed by atoms with Crippen LogP contribution >= 0.6 is 0 Å². The van der Waals surface area contributed by atoms with Crippen LogP contribution < -0.4 is 21.9 Å². The predicted molar refractivity (Wildman–Crippen MR) is 164 cm³/mol. The minimum absolute atomic E-state index is 0.135. The quantitative estimate of drug-likeness (QED) is 0.237. The summed E-state index contributed by atoms with van der Waals surface area (Å²) in [6.07, 6.45) is 14.8. The third kappa shape index (κ3) is 7.25. The van der Waals surface area contributed by atoms with Crippen molar-refractivity contribution in [2.75, 3.05) is 19.6 Å². The van der Waals surface area contributed by atoms with Gasteiger partial charge < -0.3 is 15.6 Å². The summed E-state index contributed by atoms with van der Waals surface area (Å²) in [5, 5.41) is 6.02. The van der Waals surface area contributed by atoms with Gasteiger partial charge in [0, 0.05) is 37.8 Å². The molecule has 2 aliphatic carbocycles. The fourth-order valence-electron chi connectivity index (χ4n) is 6.32. The first kappa shape index (κ1) is 29.0. The molecule has 0 atom stereocenters. The van der Waals surface area contributed by atoms with Crippen molar-refractivity contribution in [3.05, 3.63) is 56.7 Å². The van der Waals surface area contributed by atoms with Crippen molar-refractivity contribution in [1.82, 2.24) is 29.7 Å². The van der Waals surface area contributed by atoms with Crippen LogP contribution in [0.1, 0.15) is 76.7 Å². The average Bonchev–Trinajstić information content (AvgIpc) is 3.46. The fourth-order valence-corrected chi connectivity index (χ4v) is 6.32. The first-order chi connectivity index (χ1) is 20.0. The van der Waals surface area contributed by atoms with Gasteiger partial charge in [-0.1, -0.05) is 69.7 Å². The van der Waals surface area contributed by atoms with E-state index < -0.39 is 0 Å². The van der Waals surface area contributed by atoms with Gasteiger partial charge in [0.25, 0.3) is 5.56 Å². The van der Waals surface area contributed by atoms with Gasteiger partial charge in [-0.25, -0.2) is 9.78 Å². The molecule has 220 valence electrons. The van der Waals surface area contributed by atoms with Gasteiger partial charge in [0.15, 0.2) is 5.65 Å². The van der Waals surface area contributed by atoms with E-state index in [0.717, 1.165) is 49.9 Å². The van der Waals surface area contributed by atoms with Gasteiger partial charge >= 0.3 is 5.69 Å². The molecule has 1 amide bonds. The molecule has 2 aromatic heterocycles. The van der Waals surface area contributed by atoms with Crippen LogP contribution in [0.3, 0.4) is 0 Å². The Morgan fingerprint density at radius 2 is 1.56 bits per heavy atom. The number of imidazole rings is 1. The summed E-state index contributed by atoms with van der Waals surface area (Å²) in [7, 11) is 0. The number of carbonyl (C=O) groups excluding carboxylic acids is 1. The van der Waals surface area contributed by atoms with Crippen LogP contribution in [0.5, 0.6) is 0 Å². The minimum atomic E-state index is -0.270. The maximum Gasteiger partial charge on any atom is 0.332 e. The zero-order valence-electron chi connectivity index (χ0n) is 24.3. The van der Waals surface area contributed by atoms with Crippen LogP contribution in [-0.2, 0) is 17.9 Å². The van der Waals surface area contributed by atoms with E-state index in [2.05, 4.69) is 15.6 Å². The Labute approximate surface area is 241 Å². The Balaban J connectivity index is 1.41. The summed E-state index contributed by atoms with van der Waals surface area (Å²) in [6.45, 7) is 5.30. The SMILES string of the molecule is CCNCCNC(=O)/C=C/c1ccc(-c2nc3c([nH]2)c(=O)n(CC2CCCCC2)c(=O)n3CC2CCCCC2)cc1. The highest BCUT2D eigenvalue weighted by atomic mass is 16.2. The van der Waals surface area contributed by atoms with Crippen LogP contribution in [0.25, 0.3) is 28.6 Å². The molecule has 2 aliphatic rings. The second-order valence-corrected chi connectivity index (χ2v) is 11.7. The summed E-state index contributed by atoms with van der Waals surface area (Å²) >= 11 is 0. The fraction of sp³-hybridized carbons (Fsp3) is 0.562. The number of likely N-dealkylation sites (N-methyl/N-ethyl adjacent to an activating group) is 1. The van der Waals surface area contributed by atoms with E-state index in [1.807, 2.05) is 31.2 Å². The second-order valence-electron chi connectivity index (χ2n) is 11.7. The second kappa shape index (κ2) is 13.9. The maximum atomic E-state index is 13.8. The normalized spacial score (nSPS) is 17.0. The number of nitrogens with one attached hydrogen (secondary N) is 3. The van der Waals surface area contributed by atoms with Gasteiger partial charge in [-0.05, 0) is 55.7 Å². The van der Waals surface area contributed by atoms with Gasteiger partial charge in [0.2, 0.25) is 5.91 Å². The van der Waals surface area contributed by atoms with Crippen LogP contribution in [0.2, 0.25) is 0 Å². The molecule has 3 aromatic rings. The van der Waals surface area contributed by atoms with E-state index in [9.17, 15) is 14.4 Å². The summed E-state index contributed by atoms with van der Waals surface area (Å²) in [6, 6.07) is 7.68. The smallest absolute Gasteiger partial charge is 0.332 e. The topological polar surface area (TPSA) is 114 Å². The molecule has 41 heavy (non-hydrogen) atoms. The Morgan fingerprint density at radius 1 is 0.927 bits per heavy atom. The van der Waals surface area contributed by atoms with Crippen molar-refractivity contribution in [3.63, 3.8) is 0 Å². The summed E-state index contributed by atoms with van der Waals surface area (Å²) < 4.78 is 3.24. The Kier molecular flexibility index (Phi) is 9.88. The number of amides is 1. The van der Waals surface area contributed by atoms with Crippen molar-refractivity contribution in [2.24, 2.45) is 11.8 Å². The molecule has 0 bridgehead atoms. The van der Waals surface area contributed by atoms with Crippen molar-refractivity contribution >= 4 is 23.1 Å². The predicted octanol–water partition coefficient (Wildman–Crippen LogP) is 4.45. The number of hydrogen-bond donors (Lipinski definition) is 3. The molecular formula is C32H44N6O3. The standard InChI is InChI=1S/C32H44N6O3/c1-2-33-19-20-34-27(39)18-15-23-13-16-26(17-14-23)29-35-28-30(36-29)37(21-24-9-5-3-6-10-24)32(41)38(31(28)40)22-25-11-7-4-8-12-25/h13-18,24-25,33H,2-12,19-22H2,1H3,(H,34,39)(H,35,36)/b18-15+. The Bertz CT molecular complexity index is 1450. The highest BCUT2D eigenvalue weighted by molar-refractivity contribution is 5.91. The third-order valence-electron chi connectivity index (χ3n) is 8.65. The number of fused-ring (bicyclic) bond motifs is 1. The average molecular weight is 561 g/mol. The monoisotopic (exact) mass is 560 g/mol. The van der Waals surface area contributed by atoms with E-state index in [4.69, 9.17) is 4.98 Å². The van der Waals surface area contributed by atoms with E-state index in [-0.39, 0.29) is 17.2 Å². The first-order valence-electron chi connectivity index (χ1n) is 15.5. The summed E-state index contributed by atoms with van der Waals surface area (Å²) in [5.74, 6) is 1.23. The van der Waals surface area contributed by atoms with E-state index in [1.54, 1.807) is 10.6 Å². The lowest BCUT2D eigenvalue weighted by molar-refractivity contribution is -0.116. The molecule has 0 radical (unpaired) electrons. The number of H-pyrrole nitrogens is 1. The van der Waals surface area contributed by atoms with Crippen molar-refractivity contribution in [3.8, 4) is 11.4 Å². The number of rotatable bonds is 11. The van der Waals surface area contributed by atoms with E-state index in [1.165, 1.54) is 49.2 Å². The van der Waals surface area contributed by atoms with Gasteiger partial charge in [0.05, 0.1) is 0 Å². The van der Waals surface area contributed by atoms with Gasteiger partial charge in [0.1, 0.15) is 11.3 Å². The number of benzene rings is 1. The largest absolute Gasteiger partial charge is 0.351 e. The van der Waals surface area contributed by atoms with E-state index in [0.29, 0.717) is 48.5 Å². The van der Waals surface area contributed by atoms with E-state index >= 15 is 0 Å². The molecule has 1 aromatic carbocycles. The lowest BCUT2D eigenvalue weighted by Gasteiger charge is -2.24. The maximum absolute atomic E-state index is 13.8. The van der Waals surface area contributed by atoms with Crippen LogP contribution in [-0.4, -0.2) is 44.6 Å². The molecule has 0 spiro atoms. The molecule has 2 fully saturated rings. The molecule has 0 aliphatic heterocycles. The molecule has 3 N–H and O–H groups in total. The van der Waals surface area contributed by atoms with Gasteiger partial charge in [-0.3, -0.25) is 18.7 Å². The Morgan fingerprint density at radius 3 is 2.20 bits per heavy atom. The van der Waals surface area contributed by atoms with Crippen molar-refractivity contribution < 1.29 is 4.79 Å². The molecule has 9 heteroatoms. The lowest BCUT2D eigenvalue weighted by atomic mass is 9.89. The minimum Gasteiger partial charge on any atom is -0.351 e. The van der Waals surface area contributed by atoms with Crippen molar-refractivity contribution in [2.45, 2.75) is 84.2 Å². The molecule has 0 unspecified atom stereocenters. The summed E-state index contributed by atoms with van der Waals surface area (Å²) in [4.78, 5) is 47.6. The molecule has 2 saturated carbocycles. The summed E-state index contributed by atoms with van der Waals surface area (Å²) in [5.41, 5.74) is 2.08. The molecular weight excluding hydrogens is 516 g/mol. The van der Waals surface area contributed by atoms with Crippen LogP contribution in [0.15, 0.2) is 39.9 Å². The van der Waals surface area contributed by atoms with Gasteiger partial charge in [-0.15, -0.1) is 0 Å². The first-order valence-corrected chi connectivity index (χ1v) is 15.5. The molecule has 9 nitrogen and oxygen atoms in total. The zero-order chi connectivity index (χ0) is 28.6. The number of carbonyl (C=O) groups is 1. The highest BCUT2D eigenvalue weighted by Crippen LogP contribution is 2.27. The molecule has 0 saturated heterocycles. The number of aromatic nitrogens is 4. The number of hydrogen-bond acceptors (Lipinski definition) is 5. The number of nitrogens with zero attached hydrogens (tertiary/aromatic N) is 3. The highest BCUT2D eigenvalue weighted by Gasteiger charge is 2.24. The molecule has 2 heterocycles.